The summed E-state index contributed by atoms with van der Waals surface area (Å²) in [5.74, 6) is -1.25. The standard InChI is InChI=1S/C23H27F4N7O2/c24-10-3-1-2-5-19-20(22(36)29-11-4-13-33-14-12-28-16-33)31-32-34(19)18-8-6-17(7-9-18)21(35)30-15-23(25,26)27/h6-9,12,14,16H,1-5,10-11,13,15H2,(H,29,36)(H,30,35). The van der Waals surface area contributed by atoms with Gasteiger partial charge in [-0.1, -0.05) is 11.6 Å². The Labute approximate surface area is 204 Å². The number of nitrogens with one attached hydrogen (secondary N) is 2. The summed E-state index contributed by atoms with van der Waals surface area (Å²) < 4.78 is 52.9. The van der Waals surface area contributed by atoms with E-state index < -0.39 is 31.2 Å². The third kappa shape index (κ3) is 7.89. The molecule has 0 bridgehead atoms. The fraction of sp³-hybridized carbons (Fsp3) is 0.435. The van der Waals surface area contributed by atoms with Gasteiger partial charge in [0.25, 0.3) is 11.8 Å². The molecule has 0 saturated carbocycles. The summed E-state index contributed by atoms with van der Waals surface area (Å²) in [5.41, 5.74) is 1.19. The van der Waals surface area contributed by atoms with Crippen molar-refractivity contribution in [3.63, 3.8) is 0 Å². The number of aromatic nitrogens is 5. The molecule has 0 unspecified atom stereocenters. The lowest BCUT2D eigenvalue weighted by Gasteiger charge is -2.10. The molecule has 1 aromatic carbocycles. The predicted molar refractivity (Wildman–Crippen MR) is 122 cm³/mol. The molecule has 3 rings (SSSR count). The van der Waals surface area contributed by atoms with E-state index in [0.717, 1.165) is 0 Å². The van der Waals surface area contributed by atoms with Crippen LogP contribution in [0.1, 0.15) is 52.2 Å². The van der Waals surface area contributed by atoms with Crippen molar-refractivity contribution in [1.82, 2.24) is 35.2 Å². The molecule has 13 heteroatoms. The van der Waals surface area contributed by atoms with E-state index in [1.165, 1.54) is 28.9 Å². The van der Waals surface area contributed by atoms with Crippen molar-refractivity contribution >= 4 is 11.8 Å². The Morgan fingerprint density at radius 1 is 0.972 bits per heavy atom. The van der Waals surface area contributed by atoms with E-state index >= 15 is 0 Å². The first-order valence-electron chi connectivity index (χ1n) is 11.5. The lowest BCUT2D eigenvalue weighted by atomic mass is 10.1. The lowest BCUT2D eigenvalue weighted by molar-refractivity contribution is -0.123. The fourth-order valence-corrected chi connectivity index (χ4v) is 3.48. The van der Waals surface area contributed by atoms with Crippen molar-refractivity contribution in [3.8, 4) is 5.69 Å². The molecule has 0 aliphatic heterocycles. The van der Waals surface area contributed by atoms with Gasteiger partial charge in [-0.25, -0.2) is 9.67 Å². The Morgan fingerprint density at radius 3 is 2.42 bits per heavy atom. The quantitative estimate of drug-likeness (QED) is 0.272. The zero-order valence-corrected chi connectivity index (χ0v) is 19.5. The van der Waals surface area contributed by atoms with Crippen LogP contribution in [0.5, 0.6) is 0 Å². The maximum atomic E-state index is 12.8. The molecule has 0 aliphatic carbocycles. The first-order valence-corrected chi connectivity index (χ1v) is 11.5. The van der Waals surface area contributed by atoms with Crippen LogP contribution >= 0.6 is 0 Å². The van der Waals surface area contributed by atoms with E-state index in [4.69, 9.17) is 0 Å². The molecule has 2 aromatic heterocycles. The number of alkyl halides is 4. The number of carbonyl (C=O) groups is 2. The summed E-state index contributed by atoms with van der Waals surface area (Å²) in [6, 6.07) is 5.75. The number of rotatable bonds is 13. The lowest BCUT2D eigenvalue weighted by Crippen LogP contribution is -2.33. The molecule has 0 aliphatic rings. The van der Waals surface area contributed by atoms with Gasteiger partial charge in [0.05, 0.1) is 24.4 Å². The van der Waals surface area contributed by atoms with Crippen molar-refractivity contribution in [1.29, 1.82) is 0 Å². The van der Waals surface area contributed by atoms with Crippen molar-refractivity contribution in [2.75, 3.05) is 19.8 Å². The number of hydrogen-bond donors (Lipinski definition) is 2. The monoisotopic (exact) mass is 509 g/mol. The molecule has 194 valence electrons. The summed E-state index contributed by atoms with van der Waals surface area (Å²) in [6.07, 6.45) is 3.40. The van der Waals surface area contributed by atoms with Gasteiger partial charge in [-0.15, -0.1) is 5.10 Å². The minimum atomic E-state index is -4.51. The number of halogens is 4. The van der Waals surface area contributed by atoms with E-state index in [1.54, 1.807) is 12.5 Å². The van der Waals surface area contributed by atoms with Gasteiger partial charge in [0.2, 0.25) is 0 Å². The number of hydrogen-bond acceptors (Lipinski definition) is 5. The van der Waals surface area contributed by atoms with Gasteiger partial charge in [0, 0.05) is 31.0 Å². The summed E-state index contributed by atoms with van der Waals surface area (Å²) in [7, 11) is 0. The highest BCUT2D eigenvalue weighted by Crippen LogP contribution is 2.18. The second-order valence-corrected chi connectivity index (χ2v) is 8.05. The number of nitrogens with zero attached hydrogens (tertiary/aromatic N) is 5. The Morgan fingerprint density at radius 2 is 1.75 bits per heavy atom. The highest BCUT2D eigenvalue weighted by molar-refractivity contribution is 5.94. The van der Waals surface area contributed by atoms with Gasteiger partial charge in [0.1, 0.15) is 6.54 Å². The molecule has 9 nitrogen and oxygen atoms in total. The number of amides is 2. The Balaban J connectivity index is 1.70. The van der Waals surface area contributed by atoms with Crippen molar-refractivity contribution in [2.24, 2.45) is 0 Å². The number of carbonyl (C=O) groups excluding carboxylic acids is 2. The number of benzene rings is 1. The van der Waals surface area contributed by atoms with Crippen molar-refractivity contribution in [3.05, 3.63) is 59.9 Å². The molecule has 0 saturated heterocycles. The van der Waals surface area contributed by atoms with E-state index in [1.807, 2.05) is 16.1 Å². The molecule has 36 heavy (non-hydrogen) atoms. The van der Waals surface area contributed by atoms with Crippen molar-refractivity contribution in [2.45, 2.75) is 44.8 Å². The maximum Gasteiger partial charge on any atom is 0.405 e. The van der Waals surface area contributed by atoms with Crippen LogP contribution in [0, 0.1) is 0 Å². The van der Waals surface area contributed by atoms with Gasteiger partial charge in [0.15, 0.2) is 5.69 Å². The summed E-state index contributed by atoms with van der Waals surface area (Å²) in [6.45, 7) is -0.765. The fourth-order valence-electron chi connectivity index (χ4n) is 3.48. The van der Waals surface area contributed by atoms with Crippen LogP contribution < -0.4 is 10.6 Å². The molecule has 0 radical (unpaired) electrons. The Kier molecular flexibility index (Phi) is 9.53. The first kappa shape index (κ1) is 26.8. The Hall–Kier alpha value is -3.77. The largest absolute Gasteiger partial charge is 0.405 e. The molecule has 0 spiro atoms. The molecule has 2 amide bonds. The average Bonchev–Trinajstić information content (AvgIpc) is 3.53. The van der Waals surface area contributed by atoms with E-state index in [-0.39, 0.29) is 11.3 Å². The van der Waals surface area contributed by atoms with Crippen LogP contribution in [-0.4, -0.2) is 62.3 Å². The topological polar surface area (TPSA) is 107 Å². The molecule has 2 heterocycles. The van der Waals surface area contributed by atoms with Crippen molar-refractivity contribution < 1.29 is 27.2 Å². The third-order valence-electron chi connectivity index (χ3n) is 5.29. The zero-order chi connectivity index (χ0) is 26.0. The number of imidazole rings is 1. The number of unbranched alkanes of at least 4 members (excludes halogenated alkanes) is 2. The van der Waals surface area contributed by atoms with Crippen LogP contribution in [0.25, 0.3) is 5.69 Å². The van der Waals surface area contributed by atoms with Crippen LogP contribution in [0.2, 0.25) is 0 Å². The second kappa shape index (κ2) is 12.8. The summed E-state index contributed by atoms with van der Waals surface area (Å²) >= 11 is 0. The third-order valence-corrected chi connectivity index (χ3v) is 5.29. The highest BCUT2D eigenvalue weighted by Gasteiger charge is 2.28. The van der Waals surface area contributed by atoms with Crippen LogP contribution in [0.3, 0.4) is 0 Å². The minimum absolute atomic E-state index is 0.0449. The maximum absolute atomic E-state index is 12.8. The Bertz CT molecular complexity index is 1110. The first-order chi connectivity index (χ1) is 17.3. The van der Waals surface area contributed by atoms with Gasteiger partial charge in [-0.3, -0.25) is 14.0 Å². The van der Waals surface area contributed by atoms with Gasteiger partial charge < -0.3 is 15.2 Å². The van der Waals surface area contributed by atoms with Crippen LogP contribution in [-0.2, 0) is 13.0 Å². The van der Waals surface area contributed by atoms with Crippen LogP contribution in [0.15, 0.2) is 43.0 Å². The number of aryl methyl sites for hydroxylation is 1. The minimum Gasteiger partial charge on any atom is -0.351 e. The second-order valence-electron chi connectivity index (χ2n) is 8.05. The average molecular weight is 510 g/mol. The van der Waals surface area contributed by atoms with Gasteiger partial charge in [-0.2, -0.15) is 13.2 Å². The van der Waals surface area contributed by atoms with Crippen LogP contribution in [0.4, 0.5) is 17.6 Å². The van der Waals surface area contributed by atoms with E-state index in [0.29, 0.717) is 56.6 Å². The summed E-state index contributed by atoms with van der Waals surface area (Å²) in [4.78, 5) is 28.7. The molecule has 2 N–H and O–H groups in total. The molecule has 3 aromatic rings. The van der Waals surface area contributed by atoms with E-state index in [2.05, 4.69) is 20.6 Å². The predicted octanol–water partition coefficient (Wildman–Crippen LogP) is 3.26. The molecule has 0 atom stereocenters. The van der Waals surface area contributed by atoms with Gasteiger partial charge >= 0.3 is 6.18 Å². The SMILES string of the molecule is O=C(NCC(F)(F)F)c1ccc(-n2nnc(C(=O)NCCCn3ccnc3)c2CCCCCF)cc1. The molecular weight excluding hydrogens is 482 g/mol. The normalized spacial score (nSPS) is 11.4. The zero-order valence-electron chi connectivity index (χ0n) is 19.5. The smallest absolute Gasteiger partial charge is 0.351 e. The van der Waals surface area contributed by atoms with E-state index in [9.17, 15) is 27.2 Å². The molecular formula is C23H27F4N7O2. The molecule has 0 fully saturated rings. The summed E-state index contributed by atoms with van der Waals surface area (Å²) in [5, 5.41) is 12.8. The van der Waals surface area contributed by atoms with Gasteiger partial charge in [-0.05, 0) is 49.9 Å². The highest BCUT2D eigenvalue weighted by atomic mass is 19.4.